The van der Waals surface area contributed by atoms with Gasteiger partial charge in [0.25, 0.3) is 0 Å². The van der Waals surface area contributed by atoms with E-state index in [1.54, 1.807) is 7.11 Å². The summed E-state index contributed by atoms with van der Waals surface area (Å²) in [6, 6.07) is 30.7. The van der Waals surface area contributed by atoms with Crippen molar-refractivity contribution in [2.45, 2.75) is 19.9 Å². The number of rotatable bonds is 9. The Balaban J connectivity index is 1.54. The third-order valence-electron chi connectivity index (χ3n) is 6.87. The Labute approximate surface area is 234 Å². The summed E-state index contributed by atoms with van der Waals surface area (Å²) in [5.41, 5.74) is 7.28. The molecule has 4 aromatic carbocycles. The first-order valence-corrected chi connectivity index (χ1v) is 13.3. The van der Waals surface area contributed by atoms with Crippen LogP contribution in [0.1, 0.15) is 18.1 Å². The highest BCUT2D eigenvalue weighted by molar-refractivity contribution is 6.33. The third-order valence-corrected chi connectivity index (χ3v) is 7.19. The van der Waals surface area contributed by atoms with Crippen LogP contribution in [0.4, 0.5) is 11.4 Å². The molecule has 1 heterocycles. The molecular weight excluding hydrogens is 508 g/mol. The van der Waals surface area contributed by atoms with Crippen molar-refractivity contribution in [2.24, 2.45) is 0 Å². The number of fused-ring (bicyclic) bond motifs is 1. The van der Waals surface area contributed by atoms with Crippen molar-refractivity contribution in [2.75, 3.05) is 25.7 Å². The largest absolute Gasteiger partial charge is 0.497 e. The van der Waals surface area contributed by atoms with E-state index in [1.807, 2.05) is 56.4 Å². The number of hydrogen-bond acceptors (Lipinski definition) is 4. The Hall–Kier alpha value is -4.22. The van der Waals surface area contributed by atoms with Crippen molar-refractivity contribution in [1.29, 1.82) is 0 Å². The summed E-state index contributed by atoms with van der Waals surface area (Å²) in [7, 11) is 3.69. The molecule has 0 spiro atoms. The predicted molar refractivity (Wildman–Crippen MR) is 159 cm³/mol. The lowest BCUT2D eigenvalue weighted by atomic mass is 10.0. The Morgan fingerprint density at radius 3 is 2.51 bits per heavy atom. The van der Waals surface area contributed by atoms with E-state index in [0.717, 1.165) is 50.3 Å². The molecule has 0 fully saturated rings. The maximum Gasteiger partial charge on any atom is 0.310 e. The van der Waals surface area contributed by atoms with Crippen molar-refractivity contribution < 1.29 is 14.3 Å². The Morgan fingerprint density at radius 1 is 0.923 bits per heavy atom. The zero-order valence-electron chi connectivity index (χ0n) is 22.4. The number of carbonyl (C=O) groups excluding carboxylic acids is 1. The molecule has 0 radical (unpaired) electrons. The molecule has 0 atom stereocenters. The minimum Gasteiger partial charge on any atom is -0.497 e. The van der Waals surface area contributed by atoms with E-state index < -0.39 is 0 Å². The van der Waals surface area contributed by atoms with Gasteiger partial charge in [0, 0.05) is 36.4 Å². The number of anilines is 2. The molecule has 0 amide bonds. The van der Waals surface area contributed by atoms with Crippen LogP contribution >= 0.6 is 11.6 Å². The van der Waals surface area contributed by atoms with Crippen molar-refractivity contribution in [3.63, 3.8) is 0 Å². The molecule has 1 aromatic heterocycles. The third kappa shape index (κ3) is 5.79. The lowest BCUT2D eigenvalue weighted by molar-refractivity contribution is -0.142. The first-order chi connectivity index (χ1) is 19.0. The van der Waals surface area contributed by atoms with E-state index in [0.29, 0.717) is 18.2 Å². The summed E-state index contributed by atoms with van der Waals surface area (Å²) in [4.78, 5) is 14.5. The number of para-hydroxylation sites is 1. The highest BCUT2D eigenvalue weighted by Gasteiger charge is 2.15. The van der Waals surface area contributed by atoms with E-state index >= 15 is 0 Å². The first kappa shape index (κ1) is 26.4. The number of aromatic nitrogens is 1. The lowest BCUT2D eigenvalue weighted by Gasteiger charge is -2.21. The number of halogens is 1. The van der Waals surface area contributed by atoms with Gasteiger partial charge in [-0.15, -0.1) is 0 Å². The van der Waals surface area contributed by atoms with Crippen LogP contribution in [0.15, 0.2) is 97.2 Å². The first-order valence-electron chi connectivity index (χ1n) is 13.0. The van der Waals surface area contributed by atoms with Crippen LogP contribution in [0.5, 0.6) is 5.75 Å². The average molecular weight is 539 g/mol. The van der Waals surface area contributed by atoms with E-state index in [1.165, 1.54) is 0 Å². The van der Waals surface area contributed by atoms with Gasteiger partial charge in [-0.3, -0.25) is 4.79 Å². The minimum absolute atomic E-state index is 0.225. The molecule has 0 aliphatic rings. The Kier molecular flexibility index (Phi) is 7.89. The van der Waals surface area contributed by atoms with Gasteiger partial charge in [-0.1, -0.05) is 60.1 Å². The molecule has 5 rings (SSSR count). The van der Waals surface area contributed by atoms with Crippen LogP contribution in [0.2, 0.25) is 5.02 Å². The molecule has 0 aliphatic carbocycles. The van der Waals surface area contributed by atoms with Crippen LogP contribution in [-0.4, -0.2) is 31.3 Å². The number of carbonyl (C=O) groups is 1. The van der Waals surface area contributed by atoms with Gasteiger partial charge in [0.2, 0.25) is 0 Å². The second kappa shape index (κ2) is 11.7. The number of hydrogen-bond donors (Lipinski definition) is 0. The average Bonchev–Trinajstić information content (AvgIpc) is 3.29. The normalized spacial score (nSPS) is 11.0. The zero-order valence-corrected chi connectivity index (χ0v) is 23.1. The van der Waals surface area contributed by atoms with Crippen molar-refractivity contribution in [3.05, 3.63) is 113 Å². The molecular formula is C33H31ClN2O3. The van der Waals surface area contributed by atoms with E-state index in [4.69, 9.17) is 21.1 Å². The fourth-order valence-corrected chi connectivity index (χ4v) is 5.17. The maximum atomic E-state index is 12.4. The van der Waals surface area contributed by atoms with Crippen molar-refractivity contribution >= 4 is 39.8 Å². The Bertz CT molecular complexity index is 1620. The molecule has 0 N–H and O–H groups in total. The molecule has 0 saturated heterocycles. The number of esters is 1. The summed E-state index contributed by atoms with van der Waals surface area (Å²) in [6.07, 6.45) is 2.30. The zero-order chi connectivity index (χ0) is 27.4. The van der Waals surface area contributed by atoms with Crippen LogP contribution < -0.4 is 9.64 Å². The van der Waals surface area contributed by atoms with Crippen molar-refractivity contribution in [1.82, 2.24) is 4.57 Å². The highest BCUT2D eigenvalue weighted by Crippen LogP contribution is 2.33. The number of benzene rings is 4. The van der Waals surface area contributed by atoms with Gasteiger partial charge in [-0.2, -0.15) is 0 Å². The van der Waals surface area contributed by atoms with Gasteiger partial charge in [-0.25, -0.2) is 0 Å². The smallest absolute Gasteiger partial charge is 0.310 e. The van der Waals surface area contributed by atoms with E-state index in [2.05, 4.69) is 64.2 Å². The molecule has 0 aliphatic heterocycles. The molecule has 6 heteroatoms. The van der Waals surface area contributed by atoms with Crippen LogP contribution in [0, 0.1) is 0 Å². The Morgan fingerprint density at radius 2 is 1.72 bits per heavy atom. The van der Waals surface area contributed by atoms with Gasteiger partial charge in [0.15, 0.2) is 0 Å². The number of ether oxygens (including phenoxy) is 2. The molecule has 0 unspecified atom stereocenters. The maximum absolute atomic E-state index is 12.4. The van der Waals surface area contributed by atoms with E-state index in [-0.39, 0.29) is 12.4 Å². The van der Waals surface area contributed by atoms with Crippen molar-refractivity contribution in [3.8, 4) is 16.9 Å². The molecule has 5 aromatic rings. The summed E-state index contributed by atoms with van der Waals surface area (Å²) in [6.45, 7) is 2.84. The van der Waals surface area contributed by atoms with Gasteiger partial charge in [0.05, 0.1) is 30.8 Å². The van der Waals surface area contributed by atoms with Crippen LogP contribution in [-0.2, 0) is 22.5 Å². The molecule has 0 bridgehead atoms. The fourth-order valence-electron chi connectivity index (χ4n) is 4.91. The summed E-state index contributed by atoms with van der Waals surface area (Å²) >= 11 is 6.46. The molecule has 198 valence electrons. The molecule has 5 nitrogen and oxygen atoms in total. The van der Waals surface area contributed by atoms with Gasteiger partial charge < -0.3 is 18.9 Å². The standard InChI is InChI=1S/C33H31ClN2O3/c1-4-39-33(37)20-26-22-36(32-19-25(15-16-29(26)32)24-10-8-12-28(18-24)38-3)21-23-9-7-11-27(17-23)35(2)31-14-6-5-13-30(31)34/h5-19,22H,4,20-21H2,1-3H3. The number of methoxy groups -OCH3 is 1. The summed E-state index contributed by atoms with van der Waals surface area (Å²) in [5, 5.41) is 1.74. The molecule has 39 heavy (non-hydrogen) atoms. The SMILES string of the molecule is CCOC(=O)Cc1cn(Cc2cccc(N(C)c3ccccc3Cl)c2)c2cc(-c3cccc(OC)c3)ccc12. The van der Waals surface area contributed by atoms with Crippen LogP contribution in [0.25, 0.3) is 22.0 Å². The monoisotopic (exact) mass is 538 g/mol. The topological polar surface area (TPSA) is 43.7 Å². The number of nitrogens with zero attached hydrogens (tertiary/aromatic N) is 2. The van der Waals surface area contributed by atoms with Gasteiger partial charge >= 0.3 is 5.97 Å². The highest BCUT2D eigenvalue weighted by atomic mass is 35.5. The van der Waals surface area contributed by atoms with Gasteiger partial charge in [0.1, 0.15) is 5.75 Å². The quantitative estimate of drug-likeness (QED) is 0.179. The molecule has 0 saturated carbocycles. The lowest BCUT2D eigenvalue weighted by Crippen LogP contribution is -2.10. The minimum atomic E-state index is -0.225. The van der Waals surface area contributed by atoms with Gasteiger partial charge in [-0.05, 0) is 71.6 Å². The summed E-state index contributed by atoms with van der Waals surface area (Å²) in [5.74, 6) is 0.585. The fraction of sp³-hybridized carbons (Fsp3) is 0.182. The van der Waals surface area contributed by atoms with Crippen LogP contribution in [0.3, 0.4) is 0 Å². The summed E-state index contributed by atoms with van der Waals surface area (Å²) < 4.78 is 12.9. The second-order valence-electron chi connectivity index (χ2n) is 9.41. The second-order valence-corrected chi connectivity index (χ2v) is 9.82. The predicted octanol–water partition coefficient (Wildman–Crippen LogP) is 7.89. The van der Waals surface area contributed by atoms with E-state index in [9.17, 15) is 4.79 Å².